The third kappa shape index (κ3) is 2.47. The fraction of sp³-hybridized carbons (Fsp3) is 0.500. The quantitative estimate of drug-likeness (QED) is 0.914. The Balaban J connectivity index is 1.81. The van der Waals surface area contributed by atoms with E-state index in [4.69, 9.17) is 4.52 Å². The van der Waals surface area contributed by atoms with E-state index in [1.54, 1.807) is 31.1 Å². The summed E-state index contributed by atoms with van der Waals surface area (Å²) in [5, 5.41) is 17.8. The van der Waals surface area contributed by atoms with E-state index >= 15 is 0 Å². The molecule has 0 aromatic carbocycles. The molecule has 0 bridgehead atoms. The largest absolute Gasteiger partial charge is 0.479 e. The molecule has 0 saturated carbocycles. The number of hydrogen-bond acceptors (Lipinski definition) is 5. The van der Waals surface area contributed by atoms with Gasteiger partial charge < -0.3 is 14.5 Å². The van der Waals surface area contributed by atoms with E-state index in [-0.39, 0.29) is 5.91 Å². The SMILES string of the molecule is Cc1cnn(C2(C(=O)O)CCN(C(=O)c3c(C)noc3C)CC2)c1. The van der Waals surface area contributed by atoms with Crippen molar-refractivity contribution in [1.29, 1.82) is 0 Å². The van der Waals surface area contributed by atoms with Gasteiger partial charge in [-0.15, -0.1) is 0 Å². The molecule has 1 amide bonds. The number of amides is 1. The van der Waals surface area contributed by atoms with Crippen molar-refractivity contribution in [2.75, 3.05) is 13.1 Å². The smallest absolute Gasteiger partial charge is 0.331 e. The Morgan fingerprint density at radius 2 is 1.92 bits per heavy atom. The van der Waals surface area contributed by atoms with Gasteiger partial charge in [0.05, 0.1) is 11.9 Å². The number of likely N-dealkylation sites (tertiary alicyclic amines) is 1. The minimum Gasteiger partial charge on any atom is -0.479 e. The Bertz CT molecular complexity index is 764. The highest BCUT2D eigenvalue weighted by molar-refractivity contribution is 5.96. The van der Waals surface area contributed by atoms with Gasteiger partial charge in [-0.2, -0.15) is 5.10 Å². The molecule has 8 nitrogen and oxygen atoms in total. The maximum Gasteiger partial charge on any atom is 0.331 e. The Hall–Kier alpha value is -2.64. The second-order valence-corrected chi connectivity index (χ2v) is 6.29. The van der Waals surface area contributed by atoms with Crippen molar-refractivity contribution in [2.45, 2.75) is 39.2 Å². The van der Waals surface area contributed by atoms with Crippen LogP contribution in [0.4, 0.5) is 0 Å². The third-order valence-corrected chi connectivity index (χ3v) is 4.67. The van der Waals surface area contributed by atoms with Crippen LogP contribution in [0.5, 0.6) is 0 Å². The van der Waals surface area contributed by atoms with Gasteiger partial charge in [-0.1, -0.05) is 5.16 Å². The van der Waals surface area contributed by atoms with Crippen molar-refractivity contribution in [3.05, 3.63) is 35.0 Å². The fourth-order valence-electron chi connectivity index (χ4n) is 3.21. The molecule has 3 rings (SSSR count). The van der Waals surface area contributed by atoms with Crippen LogP contribution in [-0.4, -0.2) is 49.9 Å². The molecule has 24 heavy (non-hydrogen) atoms. The van der Waals surface area contributed by atoms with E-state index in [0.717, 1.165) is 5.56 Å². The minimum atomic E-state index is -1.11. The lowest BCUT2D eigenvalue weighted by molar-refractivity contribution is -0.150. The van der Waals surface area contributed by atoms with Gasteiger partial charge in [0.15, 0.2) is 5.54 Å². The molecule has 3 heterocycles. The molecular weight excluding hydrogens is 312 g/mol. The van der Waals surface area contributed by atoms with E-state index in [0.29, 0.717) is 42.9 Å². The molecule has 0 atom stereocenters. The zero-order valence-electron chi connectivity index (χ0n) is 13.9. The van der Waals surface area contributed by atoms with Crippen molar-refractivity contribution >= 4 is 11.9 Å². The number of carboxylic acids is 1. The summed E-state index contributed by atoms with van der Waals surface area (Å²) in [6.45, 7) is 5.98. The van der Waals surface area contributed by atoms with Crippen molar-refractivity contribution in [1.82, 2.24) is 19.8 Å². The Labute approximate surface area is 139 Å². The minimum absolute atomic E-state index is 0.165. The van der Waals surface area contributed by atoms with Crippen LogP contribution in [0, 0.1) is 20.8 Å². The highest BCUT2D eigenvalue weighted by Gasteiger charge is 2.45. The van der Waals surface area contributed by atoms with Gasteiger partial charge in [-0.25, -0.2) is 4.79 Å². The second-order valence-electron chi connectivity index (χ2n) is 6.29. The summed E-state index contributed by atoms with van der Waals surface area (Å²) in [6.07, 6.45) is 3.99. The van der Waals surface area contributed by atoms with Gasteiger partial charge in [0, 0.05) is 32.1 Å². The number of carboxylic acid groups (broad SMARTS) is 1. The van der Waals surface area contributed by atoms with E-state index in [1.807, 2.05) is 6.92 Å². The Morgan fingerprint density at radius 3 is 2.38 bits per heavy atom. The van der Waals surface area contributed by atoms with E-state index in [2.05, 4.69) is 10.3 Å². The predicted octanol–water partition coefficient (Wildman–Crippen LogP) is 1.51. The number of piperidine rings is 1. The molecule has 1 aliphatic rings. The number of rotatable bonds is 3. The van der Waals surface area contributed by atoms with Crippen molar-refractivity contribution in [3.8, 4) is 0 Å². The number of hydrogen-bond donors (Lipinski definition) is 1. The molecule has 2 aromatic rings. The first-order valence-electron chi connectivity index (χ1n) is 7.82. The second kappa shape index (κ2) is 5.77. The number of aryl methyl sites for hydroxylation is 3. The number of carbonyl (C=O) groups is 2. The highest BCUT2D eigenvalue weighted by Crippen LogP contribution is 2.31. The summed E-state index contributed by atoms with van der Waals surface area (Å²) in [5.41, 5.74) is 0.817. The summed E-state index contributed by atoms with van der Waals surface area (Å²) in [7, 11) is 0. The van der Waals surface area contributed by atoms with Crippen LogP contribution in [0.25, 0.3) is 0 Å². The molecule has 128 valence electrons. The molecule has 1 fully saturated rings. The van der Waals surface area contributed by atoms with Crippen molar-refractivity contribution in [2.24, 2.45) is 0 Å². The molecule has 1 saturated heterocycles. The summed E-state index contributed by atoms with van der Waals surface area (Å²) < 4.78 is 6.57. The maximum absolute atomic E-state index is 12.7. The van der Waals surface area contributed by atoms with Crippen LogP contribution in [0.2, 0.25) is 0 Å². The van der Waals surface area contributed by atoms with Crippen molar-refractivity contribution < 1.29 is 19.2 Å². The summed E-state index contributed by atoms with van der Waals surface area (Å²) in [5.74, 6) is -0.604. The van der Waals surface area contributed by atoms with E-state index in [1.165, 1.54) is 4.68 Å². The van der Waals surface area contributed by atoms with Crippen molar-refractivity contribution in [3.63, 3.8) is 0 Å². The first kappa shape index (κ1) is 16.2. The lowest BCUT2D eigenvalue weighted by Crippen LogP contribution is -2.52. The molecular formula is C16H20N4O4. The van der Waals surface area contributed by atoms with Gasteiger partial charge in [-0.05, 0) is 26.3 Å². The average Bonchev–Trinajstić information content (AvgIpc) is 3.13. The zero-order chi connectivity index (χ0) is 17.5. The summed E-state index contributed by atoms with van der Waals surface area (Å²) in [4.78, 5) is 26.2. The molecule has 1 aliphatic heterocycles. The van der Waals surface area contributed by atoms with Crippen LogP contribution in [0.15, 0.2) is 16.9 Å². The standard InChI is InChI=1S/C16H20N4O4/c1-10-8-17-20(9-10)16(15(22)23)4-6-19(7-5-16)14(21)13-11(2)18-24-12(13)3/h8-9H,4-7H2,1-3H3,(H,22,23). The Morgan fingerprint density at radius 1 is 1.25 bits per heavy atom. The number of aliphatic carboxylic acids is 1. The number of carbonyl (C=O) groups excluding carboxylic acids is 1. The van der Waals surface area contributed by atoms with Gasteiger partial charge in [-0.3, -0.25) is 9.48 Å². The molecule has 0 radical (unpaired) electrons. The molecule has 0 unspecified atom stereocenters. The molecule has 1 N–H and O–H groups in total. The average molecular weight is 332 g/mol. The first-order chi connectivity index (χ1) is 11.3. The number of aromatic nitrogens is 3. The monoisotopic (exact) mass is 332 g/mol. The zero-order valence-corrected chi connectivity index (χ0v) is 13.9. The molecule has 0 aliphatic carbocycles. The van der Waals surface area contributed by atoms with Gasteiger partial charge in [0.2, 0.25) is 0 Å². The van der Waals surface area contributed by atoms with Gasteiger partial charge in [0.25, 0.3) is 5.91 Å². The number of nitrogens with zero attached hydrogens (tertiary/aromatic N) is 4. The lowest BCUT2D eigenvalue weighted by atomic mass is 9.87. The topological polar surface area (TPSA) is 101 Å². The summed E-state index contributed by atoms with van der Waals surface area (Å²) in [6, 6.07) is 0. The highest BCUT2D eigenvalue weighted by atomic mass is 16.5. The lowest BCUT2D eigenvalue weighted by Gasteiger charge is -2.38. The van der Waals surface area contributed by atoms with Crippen LogP contribution in [-0.2, 0) is 10.3 Å². The van der Waals surface area contributed by atoms with Crippen LogP contribution in [0.1, 0.15) is 40.2 Å². The molecule has 0 spiro atoms. The maximum atomic E-state index is 12.7. The predicted molar refractivity (Wildman–Crippen MR) is 83.7 cm³/mol. The third-order valence-electron chi connectivity index (χ3n) is 4.67. The van der Waals surface area contributed by atoms with Gasteiger partial charge >= 0.3 is 5.97 Å². The van der Waals surface area contributed by atoms with Crippen LogP contribution < -0.4 is 0 Å². The van der Waals surface area contributed by atoms with Gasteiger partial charge in [0.1, 0.15) is 11.3 Å². The van der Waals surface area contributed by atoms with E-state index in [9.17, 15) is 14.7 Å². The molecule has 8 heteroatoms. The fourth-order valence-corrected chi connectivity index (χ4v) is 3.21. The molecule has 2 aromatic heterocycles. The van der Waals surface area contributed by atoms with Crippen LogP contribution in [0.3, 0.4) is 0 Å². The Kier molecular flexibility index (Phi) is 3.90. The van der Waals surface area contributed by atoms with Crippen LogP contribution >= 0.6 is 0 Å². The first-order valence-corrected chi connectivity index (χ1v) is 7.82. The van der Waals surface area contributed by atoms with E-state index < -0.39 is 11.5 Å². The normalized spacial score (nSPS) is 17.0. The summed E-state index contributed by atoms with van der Waals surface area (Å²) >= 11 is 0.